The van der Waals surface area contributed by atoms with E-state index in [4.69, 9.17) is 9.47 Å². The molecule has 1 aromatic carbocycles. The average molecular weight is 294 g/mol. The van der Waals surface area contributed by atoms with E-state index < -0.39 is 18.2 Å². The third-order valence-corrected chi connectivity index (χ3v) is 2.59. The molecule has 0 atom stereocenters. The first-order valence-electron chi connectivity index (χ1n) is 7.02. The highest BCUT2D eigenvalue weighted by atomic mass is 16.7. The summed E-state index contributed by atoms with van der Waals surface area (Å²) in [4.78, 5) is 23.4. The van der Waals surface area contributed by atoms with E-state index in [1.807, 2.05) is 19.9 Å². The molecule has 0 saturated heterocycles. The molecule has 6 heteroatoms. The van der Waals surface area contributed by atoms with E-state index >= 15 is 0 Å². The van der Waals surface area contributed by atoms with Crippen molar-refractivity contribution in [3.05, 3.63) is 35.9 Å². The molecule has 1 rings (SSSR count). The maximum absolute atomic E-state index is 11.7. The number of esters is 2. The molecule has 6 nitrogen and oxygen atoms in total. The number of likely N-dealkylation sites (N-methyl/N-ethyl adjacent to an activating group) is 2. The van der Waals surface area contributed by atoms with Gasteiger partial charge in [0.2, 0.25) is 0 Å². The van der Waals surface area contributed by atoms with Gasteiger partial charge in [0, 0.05) is 5.56 Å². The van der Waals surface area contributed by atoms with Gasteiger partial charge in [0.05, 0.1) is 13.1 Å². The zero-order valence-electron chi connectivity index (χ0n) is 12.4. The van der Waals surface area contributed by atoms with Crippen LogP contribution in [0.3, 0.4) is 0 Å². The van der Waals surface area contributed by atoms with E-state index in [9.17, 15) is 9.59 Å². The van der Waals surface area contributed by atoms with Crippen molar-refractivity contribution in [3.63, 3.8) is 0 Å². The Hall–Kier alpha value is -1.92. The zero-order chi connectivity index (χ0) is 15.5. The number of rotatable bonds is 9. The lowest BCUT2D eigenvalue weighted by molar-refractivity contribution is -0.188. The van der Waals surface area contributed by atoms with E-state index in [1.165, 1.54) is 0 Å². The van der Waals surface area contributed by atoms with Crippen LogP contribution in [0.15, 0.2) is 30.3 Å². The van der Waals surface area contributed by atoms with E-state index in [2.05, 4.69) is 10.6 Å². The summed E-state index contributed by atoms with van der Waals surface area (Å²) in [5.74, 6) is -0.941. The van der Waals surface area contributed by atoms with Gasteiger partial charge in [-0.05, 0) is 13.1 Å². The van der Waals surface area contributed by atoms with Crippen LogP contribution in [0, 0.1) is 0 Å². The zero-order valence-corrected chi connectivity index (χ0v) is 12.4. The normalized spacial score (nSPS) is 10.4. The molecule has 0 bridgehead atoms. The second-order valence-electron chi connectivity index (χ2n) is 4.28. The van der Waals surface area contributed by atoms with Crippen molar-refractivity contribution in [2.75, 3.05) is 26.2 Å². The van der Waals surface area contributed by atoms with Crippen LogP contribution in [0.4, 0.5) is 0 Å². The van der Waals surface area contributed by atoms with E-state index in [1.54, 1.807) is 24.3 Å². The maximum Gasteiger partial charge on any atom is 0.323 e. The molecule has 0 fully saturated rings. The minimum Gasteiger partial charge on any atom is -0.420 e. The van der Waals surface area contributed by atoms with Gasteiger partial charge in [-0.25, -0.2) is 0 Å². The fourth-order valence-corrected chi connectivity index (χ4v) is 1.55. The van der Waals surface area contributed by atoms with Crippen LogP contribution in [0.5, 0.6) is 0 Å². The SMILES string of the molecule is CCNCC(=O)OC(OC(=O)CNCC)c1ccccc1. The van der Waals surface area contributed by atoms with Crippen LogP contribution >= 0.6 is 0 Å². The predicted octanol–water partition coefficient (Wildman–Crippen LogP) is 0.991. The third kappa shape index (κ3) is 6.87. The van der Waals surface area contributed by atoms with E-state index in [-0.39, 0.29) is 13.1 Å². The van der Waals surface area contributed by atoms with Gasteiger partial charge >= 0.3 is 11.9 Å². The van der Waals surface area contributed by atoms with Crippen molar-refractivity contribution in [1.29, 1.82) is 0 Å². The van der Waals surface area contributed by atoms with Gasteiger partial charge in [-0.2, -0.15) is 0 Å². The monoisotopic (exact) mass is 294 g/mol. The average Bonchev–Trinajstić information content (AvgIpc) is 2.51. The van der Waals surface area contributed by atoms with Crippen molar-refractivity contribution in [2.45, 2.75) is 20.1 Å². The quantitative estimate of drug-likeness (QED) is 0.522. The molecule has 0 saturated carbocycles. The van der Waals surface area contributed by atoms with Gasteiger partial charge in [-0.15, -0.1) is 0 Å². The molecule has 1 aromatic rings. The number of nitrogens with one attached hydrogen (secondary N) is 2. The highest BCUT2D eigenvalue weighted by Gasteiger charge is 2.20. The number of carbonyl (C=O) groups excluding carboxylic acids is 2. The van der Waals surface area contributed by atoms with Crippen molar-refractivity contribution < 1.29 is 19.1 Å². The summed E-state index contributed by atoms with van der Waals surface area (Å²) >= 11 is 0. The molecule has 0 radical (unpaired) electrons. The van der Waals surface area contributed by atoms with Crippen LogP contribution in [0.1, 0.15) is 25.7 Å². The van der Waals surface area contributed by atoms with E-state index in [0.29, 0.717) is 18.7 Å². The highest BCUT2D eigenvalue weighted by Crippen LogP contribution is 2.18. The van der Waals surface area contributed by atoms with Crippen LogP contribution < -0.4 is 10.6 Å². The summed E-state index contributed by atoms with van der Waals surface area (Å²) in [5.41, 5.74) is 0.618. The van der Waals surface area contributed by atoms with Gasteiger partial charge in [0.1, 0.15) is 0 Å². The maximum atomic E-state index is 11.7. The van der Waals surface area contributed by atoms with Crippen LogP contribution in [0.25, 0.3) is 0 Å². The van der Waals surface area contributed by atoms with E-state index in [0.717, 1.165) is 0 Å². The molecule has 0 aliphatic heterocycles. The number of carbonyl (C=O) groups is 2. The summed E-state index contributed by atoms with van der Waals surface area (Å²) in [6.07, 6.45) is -1.02. The third-order valence-electron chi connectivity index (χ3n) is 2.59. The Morgan fingerprint density at radius 3 is 1.86 bits per heavy atom. The predicted molar refractivity (Wildman–Crippen MR) is 78.5 cm³/mol. The van der Waals surface area contributed by atoms with Gasteiger partial charge < -0.3 is 20.1 Å². The van der Waals surface area contributed by atoms with Crippen molar-refractivity contribution >= 4 is 11.9 Å². The standard InChI is InChI=1S/C15H22N2O4/c1-3-16-10-13(18)20-15(12-8-6-5-7-9-12)21-14(19)11-17-4-2/h5-9,15-17H,3-4,10-11H2,1-2H3. The lowest BCUT2D eigenvalue weighted by Gasteiger charge is -2.18. The fraction of sp³-hybridized carbons (Fsp3) is 0.467. The Labute approximate surface area is 124 Å². The molecule has 2 N–H and O–H groups in total. The molecule has 21 heavy (non-hydrogen) atoms. The summed E-state index contributed by atoms with van der Waals surface area (Å²) < 4.78 is 10.4. The summed E-state index contributed by atoms with van der Waals surface area (Å²) in [6.45, 7) is 5.24. The molecule has 0 aliphatic carbocycles. The molecule has 0 amide bonds. The summed E-state index contributed by atoms with van der Waals surface area (Å²) in [5, 5.41) is 5.73. The van der Waals surface area contributed by atoms with Gasteiger partial charge in [0.25, 0.3) is 6.29 Å². The first-order chi connectivity index (χ1) is 10.2. The molecule has 0 heterocycles. The minimum absolute atomic E-state index is 0.0740. The molecule has 0 spiro atoms. The molecule has 0 aliphatic rings. The first kappa shape index (κ1) is 17.1. The number of hydrogen-bond donors (Lipinski definition) is 2. The van der Waals surface area contributed by atoms with Crippen molar-refractivity contribution in [3.8, 4) is 0 Å². The number of ether oxygens (including phenoxy) is 2. The molecule has 0 unspecified atom stereocenters. The number of benzene rings is 1. The summed E-state index contributed by atoms with van der Waals surface area (Å²) in [7, 11) is 0. The van der Waals surface area contributed by atoms with Gasteiger partial charge in [-0.3, -0.25) is 9.59 Å². The van der Waals surface area contributed by atoms with Crippen LogP contribution in [-0.4, -0.2) is 38.1 Å². The minimum atomic E-state index is -1.02. The molecular weight excluding hydrogens is 272 g/mol. The Balaban J connectivity index is 2.66. The van der Waals surface area contributed by atoms with Crippen LogP contribution in [0.2, 0.25) is 0 Å². The van der Waals surface area contributed by atoms with Crippen LogP contribution in [-0.2, 0) is 19.1 Å². The smallest absolute Gasteiger partial charge is 0.323 e. The molecule has 116 valence electrons. The summed E-state index contributed by atoms with van der Waals surface area (Å²) in [6, 6.07) is 8.90. The largest absolute Gasteiger partial charge is 0.420 e. The van der Waals surface area contributed by atoms with Gasteiger partial charge in [-0.1, -0.05) is 44.2 Å². The second-order valence-corrected chi connectivity index (χ2v) is 4.28. The van der Waals surface area contributed by atoms with Crippen molar-refractivity contribution in [1.82, 2.24) is 10.6 Å². The van der Waals surface area contributed by atoms with Gasteiger partial charge in [0.15, 0.2) is 0 Å². The Morgan fingerprint density at radius 2 is 1.43 bits per heavy atom. The Bertz CT molecular complexity index is 415. The molecule has 0 aromatic heterocycles. The lowest BCUT2D eigenvalue weighted by atomic mass is 10.2. The topological polar surface area (TPSA) is 76.7 Å². The van der Waals surface area contributed by atoms with Crippen molar-refractivity contribution in [2.24, 2.45) is 0 Å². The fourth-order valence-electron chi connectivity index (χ4n) is 1.55. The second kappa shape index (κ2) is 9.90. The highest BCUT2D eigenvalue weighted by molar-refractivity contribution is 5.74. The first-order valence-corrected chi connectivity index (χ1v) is 7.02. The Morgan fingerprint density at radius 1 is 0.952 bits per heavy atom. The Kier molecular flexibility index (Phi) is 8.08. The molecular formula is C15H22N2O4. The lowest BCUT2D eigenvalue weighted by Crippen LogP contribution is -2.30. The number of hydrogen-bond acceptors (Lipinski definition) is 6.